The smallest absolute Gasteiger partial charge is 0.257 e. The molecule has 3 fully saturated rings. The molecule has 0 radical (unpaired) electrons. The van der Waals surface area contributed by atoms with E-state index in [1.165, 1.54) is 12.1 Å². The van der Waals surface area contributed by atoms with E-state index in [1.807, 2.05) is 28.9 Å². The van der Waals surface area contributed by atoms with Gasteiger partial charge in [-0.15, -0.1) is 0 Å². The maximum atomic E-state index is 13.8. The summed E-state index contributed by atoms with van der Waals surface area (Å²) in [5.41, 5.74) is 0.667. The number of carbonyl (C=O) groups excluding carboxylic acids is 1. The first-order valence-corrected chi connectivity index (χ1v) is 10.7. The van der Waals surface area contributed by atoms with E-state index in [0.29, 0.717) is 44.3 Å². The summed E-state index contributed by atoms with van der Waals surface area (Å²) in [6.45, 7) is 1.31. The van der Waals surface area contributed by atoms with Gasteiger partial charge in [-0.25, -0.2) is 13.8 Å². The summed E-state index contributed by atoms with van der Waals surface area (Å²) in [6.07, 6.45) is 7.79. The quantitative estimate of drug-likeness (QED) is 0.630. The zero-order valence-electron chi connectivity index (χ0n) is 16.9. The maximum absolute atomic E-state index is 13.8. The molecule has 31 heavy (non-hydrogen) atoms. The van der Waals surface area contributed by atoms with Crippen LogP contribution < -0.4 is 4.90 Å². The lowest BCUT2D eigenvalue weighted by Crippen LogP contribution is -2.50. The molecule has 2 atom stereocenters. The third-order valence-electron chi connectivity index (χ3n) is 6.89. The number of piperidine rings is 1. The molecular weight excluding hydrogens is 402 g/mol. The van der Waals surface area contributed by atoms with Gasteiger partial charge in [-0.1, -0.05) is 0 Å². The van der Waals surface area contributed by atoms with Crippen LogP contribution >= 0.6 is 0 Å². The van der Waals surface area contributed by atoms with Gasteiger partial charge in [0.2, 0.25) is 0 Å². The fraction of sp³-hybridized carbons (Fsp3) is 0.391. The number of fused-ring (bicyclic) bond motifs is 2. The molecule has 3 aliphatic rings. The van der Waals surface area contributed by atoms with E-state index in [2.05, 4.69) is 9.88 Å². The van der Waals surface area contributed by atoms with Crippen molar-refractivity contribution < 1.29 is 18.3 Å². The van der Waals surface area contributed by atoms with Gasteiger partial charge in [0.15, 0.2) is 11.4 Å². The van der Waals surface area contributed by atoms with Gasteiger partial charge in [0.25, 0.3) is 5.91 Å². The zero-order valence-corrected chi connectivity index (χ0v) is 16.9. The molecule has 8 heteroatoms. The number of benzene rings is 1. The highest BCUT2D eigenvalue weighted by molar-refractivity contribution is 5.88. The number of amides is 1. The number of hydrogen-bond donors (Lipinski definition) is 0. The molecule has 2 aromatic heterocycles. The van der Waals surface area contributed by atoms with Crippen LogP contribution in [-0.2, 0) is 9.53 Å². The highest BCUT2D eigenvalue weighted by Gasteiger charge is 2.58. The number of rotatable bonds is 2. The van der Waals surface area contributed by atoms with Gasteiger partial charge in [-0.05, 0) is 42.7 Å². The van der Waals surface area contributed by atoms with E-state index >= 15 is 0 Å². The topological polar surface area (TPSA) is 50.1 Å². The van der Waals surface area contributed by atoms with Crippen LogP contribution in [0.25, 0.3) is 5.52 Å². The Hall–Kier alpha value is -3.00. The summed E-state index contributed by atoms with van der Waals surface area (Å²) in [6, 6.07) is 7.16. The summed E-state index contributed by atoms with van der Waals surface area (Å²) in [4.78, 5) is 22.0. The molecule has 0 bridgehead atoms. The van der Waals surface area contributed by atoms with Crippen molar-refractivity contribution in [1.29, 1.82) is 0 Å². The van der Waals surface area contributed by atoms with Crippen molar-refractivity contribution in [3.63, 3.8) is 0 Å². The largest absolute Gasteiger partial charge is 0.355 e. The minimum atomic E-state index is -0.862. The lowest BCUT2D eigenvalue weighted by atomic mass is 9.89. The molecule has 1 spiro atoms. The molecule has 0 N–H and O–H groups in total. The number of ether oxygens (including phenoxy) is 1. The summed E-state index contributed by atoms with van der Waals surface area (Å²) in [5, 5.41) is 0. The Bertz CT molecular complexity index is 1150. The predicted octanol–water partition coefficient (Wildman–Crippen LogP) is 3.67. The lowest BCUT2D eigenvalue weighted by molar-refractivity contribution is -0.140. The fourth-order valence-corrected chi connectivity index (χ4v) is 5.42. The van der Waals surface area contributed by atoms with Crippen molar-refractivity contribution >= 4 is 17.2 Å². The molecule has 1 amide bonds. The van der Waals surface area contributed by atoms with Gasteiger partial charge in [0.05, 0.1) is 11.6 Å². The van der Waals surface area contributed by atoms with E-state index < -0.39 is 17.2 Å². The van der Waals surface area contributed by atoms with Gasteiger partial charge in [0.1, 0.15) is 17.9 Å². The molecule has 1 aromatic carbocycles. The summed E-state index contributed by atoms with van der Waals surface area (Å²) in [5.74, 6) is -0.401. The molecule has 0 saturated carbocycles. The fourth-order valence-electron chi connectivity index (χ4n) is 5.42. The van der Waals surface area contributed by atoms with E-state index in [0.717, 1.165) is 17.4 Å². The van der Waals surface area contributed by atoms with Gasteiger partial charge in [-0.2, -0.15) is 0 Å². The Morgan fingerprint density at radius 2 is 1.84 bits per heavy atom. The van der Waals surface area contributed by atoms with Crippen molar-refractivity contribution in [1.82, 2.24) is 14.3 Å². The Morgan fingerprint density at radius 3 is 2.61 bits per heavy atom. The predicted molar refractivity (Wildman–Crippen MR) is 109 cm³/mol. The van der Waals surface area contributed by atoms with Crippen molar-refractivity contribution in [2.75, 3.05) is 18.0 Å². The molecule has 3 aromatic rings. The molecule has 0 unspecified atom stereocenters. The Balaban J connectivity index is 1.24. The van der Waals surface area contributed by atoms with E-state index in [1.54, 1.807) is 11.1 Å². The molecule has 160 valence electrons. The van der Waals surface area contributed by atoms with Crippen molar-refractivity contribution in [3.05, 3.63) is 66.1 Å². The van der Waals surface area contributed by atoms with E-state index in [-0.39, 0.29) is 18.2 Å². The number of aromatic nitrogens is 2. The number of halogens is 2. The SMILES string of the molecule is O=C1N2[C@@H](CC[C@H]2c2cc(F)cc(F)c2)OC12CCN(c1nccn3cccc13)CC2. The summed E-state index contributed by atoms with van der Waals surface area (Å²) in [7, 11) is 0. The molecule has 6 rings (SSSR count). The van der Waals surface area contributed by atoms with Crippen LogP contribution in [0.2, 0.25) is 0 Å². The molecule has 5 heterocycles. The number of hydrogen-bond acceptors (Lipinski definition) is 4. The minimum absolute atomic E-state index is 0.0572. The lowest BCUT2D eigenvalue weighted by Gasteiger charge is -2.38. The van der Waals surface area contributed by atoms with Crippen LogP contribution in [0.15, 0.2) is 48.9 Å². The Kier molecular flexibility index (Phi) is 4.08. The van der Waals surface area contributed by atoms with E-state index in [4.69, 9.17) is 4.74 Å². The third-order valence-corrected chi connectivity index (χ3v) is 6.89. The monoisotopic (exact) mass is 424 g/mol. The van der Waals surface area contributed by atoms with Crippen LogP contribution in [0.4, 0.5) is 14.6 Å². The first kappa shape index (κ1) is 18.7. The standard InChI is InChI=1S/C23H22F2N4O2/c24-16-12-15(13-17(25)14-16)18-3-4-20-29(18)22(30)23(31-20)5-9-28(10-6-23)21-19-2-1-8-27(19)11-7-26-21/h1-2,7-8,11-14,18,20H,3-6,9-10H2/t18-,20+/m0/s1. The van der Waals surface area contributed by atoms with Crippen LogP contribution in [-0.4, -0.2) is 45.1 Å². The second kappa shape index (κ2) is 6.75. The van der Waals surface area contributed by atoms with Gasteiger partial charge in [-0.3, -0.25) is 4.79 Å². The normalized spacial score (nSPS) is 25.0. The highest BCUT2D eigenvalue weighted by Crippen LogP contribution is 2.48. The van der Waals surface area contributed by atoms with Crippen LogP contribution in [0.1, 0.15) is 37.3 Å². The maximum Gasteiger partial charge on any atom is 0.257 e. The van der Waals surface area contributed by atoms with E-state index in [9.17, 15) is 13.6 Å². The van der Waals surface area contributed by atoms with Crippen molar-refractivity contribution in [3.8, 4) is 0 Å². The zero-order chi connectivity index (χ0) is 21.2. The second-order valence-corrected chi connectivity index (χ2v) is 8.61. The Labute approximate surface area is 178 Å². The average Bonchev–Trinajstić information content (AvgIpc) is 3.45. The molecular formula is C23H22F2N4O2. The van der Waals surface area contributed by atoms with Crippen molar-refractivity contribution in [2.45, 2.75) is 43.6 Å². The molecule has 3 aliphatic heterocycles. The second-order valence-electron chi connectivity index (χ2n) is 8.61. The number of nitrogens with zero attached hydrogens (tertiary/aromatic N) is 4. The van der Waals surface area contributed by atoms with Gasteiger partial charge < -0.3 is 18.9 Å². The molecule has 6 nitrogen and oxygen atoms in total. The first-order chi connectivity index (χ1) is 15.0. The highest BCUT2D eigenvalue weighted by atomic mass is 19.1. The summed E-state index contributed by atoms with van der Waals surface area (Å²) < 4.78 is 35.9. The van der Waals surface area contributed by atoms with Crippen LogP contribution in [0.3, 0.4) is 0 Å². The number of anilines is 1. The van der Waals surface area contributed by atoms with Crippen LogP contribution in [0, 0.1) is 11.6 Å². The Morgan fingerprint density at radius 1 is 1.06 bits per heavy atom. The van der Waals surface area contributed by atoms with Gasteiger partial charge in [0, 0.05) is 50.6 Å². The van der Waals surface area contributed by atoms with Crippen LogP contribution in [0.5, 0.6) is 0 Å². The molecule has 0 aliphatic carbocycles. The van der Waals surface area contributed by atoms with Gasteiger partial charge >= 0.3 is 0 Å². The number of carbonyl (C=O) groups is 1. The summed E-state index contributed by atoms with van der Waals surface area (Å²) >= 11 is 0. The third kappa shape index (κ3) is 2.85. The average molecular weight is 424 g/mol. The minimum Gasteiger partial charge on any atom is -0.355 e. The first-order valence-electron chi connectivity index (χ1n) is 10.7. The molecule has 3 saturated heterocycles. The van der Waals surface area contributed by atoms with Crippen molar-refractivity contribution in [2.24, 2.45) is 0 Å².